The number of benzene rings is 1. The number of carbonyl (C=O) groups excluding carboxylic acids is 1. The Kier molecular flexibility index (Phi) is 4.42. The number of hydrogen-bond donors (Lipinski definition) is 2. The molecule has 3 nitrogen and oxygen atoms in total. The van der Waals surface area contributed by atoms with Crippen LogP contribution >= 0.6 is 39.9 Å². The number of carbonyl (C=O) groups is 1. The van der Waals surface area contributed by atoms with Crippen molar-refractivity contribution in [2.75, 3.05) is 0 Å². The predicted molar refractivity (Wildman–Crippen MR) is 79.4 cm³/mol. The Bertz CT molecular complexity index is 583. The third-order valence-corrected chi connectivity index (χ3v) is 4.07. The van der Waals surface area contributed by atoms with E-state index in [0.717, 1.165) is 14.4 Å². The van der Waals surface area contributed by atoms with Gasteiger partial charge in [-0.1, -0.05) is 15.9 Å². The van der Waals surface area contributed by atoms with Gasteiger partial charge in [0.05, 0.1) is 17.1 Å². The molecule has 0 spiro atoms. The second-order valence-electron chi connectivity index (χ2n) is 3.69. The van der Waals surface area contributed by atoms with Crippen LogP contribution in [0.4, 0.5) is 0 Å². The monoisotopic (exact) mass is 342 g/mol. The molecule has 0 fully saturated rings. The summed E-state index contributed by atoms with van der Waals surface area (Å²) in [7, 11) is 0. The molecule has 1 aromatic heterocycles. The van der Waals surface area contributed by atoms with Gasteiger partial charge in [-0.15, -0.1) is 24.0 Å². The smallest absolute Gasteiger partial charge is 0.252 e. The Morgan fingerprint density at radius 2 is 2.33 bits per heavy atom. The molecule has 0 aliphatic carbocycles. The lowest BCUT2D eigenvalue weighted by Crippen LogP contribution is -2.22. The van der Waals surface area contributed by atoms with Crippen molar-refractivity contribution in [3.63, 3.8) is 0 Å². The van der Waals surface area contributed by atoms with Gasteiger partial charge in [0.2, 0.25) is 0 Å². The third-order valence-electron chi connectivity index (χ3n) is 2.30. The van der Waals surface area contributed by atoms with Gasteiger partial charge in [-0.05, 0) is 25.1 Å². The first-order valence-electron chi connectivity index (χ1n) is 5.24. The summed E-state index contributed by atoms with van der Waals surface area (Å²) in [5, 5.41) is 3.85. The average Bonchev–Trinajstić information content (AvgIpc) is 2.72. The summed E-state index contributed by atoms with van der Waals surface area (Å²) in [6.07, 6.45) is 1.78. The molecule has 1 N–H and O–H groups in total. The van der Waals surface area contributed by atoms with Gasteiger partial charge in [-0.2, -0.15) is 0 Å². The number of thiol groups is 1. The van der Waals surface area contributed by atoms with Crippen LogP contribution in [0.15, 0.2) is 33.8 Å². The van der Waals surface area contributed by atoms with Crippen molar-refractivity contribution in [1.82, 2.24) is 10.3 Å². The van der Waals surface area contributed by atoms with E-state index in [2.05, 4.69) is 38.9 Å². The van der Waals surface area contributed by atoms with Crippen LogP contribution in [0.1, 0.15) is 20.2 Å². The molecule has 0 saturated heterocycles. The number of amides is 1. The zero-order valence-corrected chi connectivity index (χ0v) is 12.9. The maximum Gasteiger partial charge on any atom is 0.252 e. The van der Waals surface area contributed by atoms with Gasteiger partial charge in [0.1, 0.15) is 0 Å². The van der Waals surface area contributed by atoms with E-state index in [-0.39, 0.29) is 5.91 Å². The molecular weight excluding hydrogens is 332 g/mol. The molecule has 1 amide bonds. The van der Waals surface area contributed by atoms with Crippen LogP contribution in [0.3, 0.4) is 0 Å². The lowest BCUT2D eigenvalue weighted by Gasteiger charge is -2.06. The first-order chi connectivity index (χ1) is 8.56. The summed E-state index contributed by atoms with van der Waals surface area (Å²) in [4.78, 5) is 17.8. The molecule has 0 atom stereocenters. The minimum absolute atomic E-state index is 0.126. The van der Waals surface area contributed by atoms with Gasteiger partial charge < -0.3 is 5.32 Å². The molecule has 0 aliphatic heterocycles. The van der Waals surface area contributed by atoms with Gasteiger partial charge in [0, 0.05) is 20.4 Å². The van der Waals surface area contributed by atoms with Crippen molar-refractivity contribution in [1.29, 1.82) is 0 Å². The molecule has 2 aromatic rings. The lowest BCUT2D eigenvalue weighted by atomic mass is 10.2. The van der Waals surface area contributed by atoms with Crippen LogP contribution in [-0.2, 0) is 6.54 Å². The average molecular weight is 343 g/mol. The van der Waals surface area contributed by atoms with Crippen molar-refractivity contribution >= 4 is 45.8 Å². The fourth-order valence-corrected chi connectivity index (χ4v) is 3.03. The first-order valence-corrected chi connectivity index (χ1v) is 7.30. The van der Waals surface area contributed by atoms with Gasteiger partial charge in [-0.3, -0.25) is 4.79 Å². The minimum atomic E-state index is -0.126. The lowest BCUT2D eigenvalue weighted by molar-refractivity contribution is 0.0948. The van der Waals surface area contributed by atoms with E-state index >= 15 is 0 Å². The Labute approximate surface area is 123 Å². The van der Waals surface area contributed by atoms with E-state index in [9.17, 15) is 4.79 Å². The summed E-state index contributed by atoms with van der Waals surface area (Å²) in [5.74, 6) is -0.126. The number of halogens is 1. The summed E-state index contributed by atoms with van der Waals surface area (Å²) in [5.41, 5.74) is 0.572. The van der Waals surface area contributed by atoms with Crippen LogP contribution in [0.2, 0.25) is 0 Å². The van der Waals surface area contributed by atoms with Crippen molar-refractivity contribution in [2.45, 2.75) is 18.4 Å². The number of aryl methyl sites for hydroxylation is 1. The predicted octanol–water partition coefficient (Wildman–Crippen LogP) is 3.43. The van der Waals surface area contributed by atoms with Gasteiger partial charge in [-0.25, -0.2) is 4.98 Å². The molecular formula is C12H11BrN2OS2. The highest BCUT2D eigenvalue weighted by molar-refractivity contribution is 9.10. The molecule has 2 rings (SSSR count). The van der Waals surface area contributed by atoms with E-state index in [0.29, 0.717) is 17.0 Å². The summed E-state index contributed by atoms with van der Waals surface area (Å²) < 4.78 is 0.905. The number of nitrogens with one attached hydrogen (secondary N) is 1. The molecule has 0 aliphatic rings. The highest BCUT2D eigenvalue weighted by atomic mass is 79.9. The maximum atomic E-state index is 12.0. The highest BCUT2D eigenvalue weighted by Crippen LogP contribution is 2.20. The fourth-order valence-electron chi connectivity index (χ4n) is 1.45. The Morgan fingerprint density at radius 1 is 1.56 bits per heavy atom. The Morgan fingerprint density at radius 3 is 2.94 bits per heavy atom. The van der Waals surface area contributed by atoms with Gasteiger partial charge in [0.25, 0.3) is 5.91 Å². The zero-order chi connectivity index (χ0) is 13.1. The third kappa shape index (κ3) is 3.34. The SMILES string of the molecule is Cc1ncc(CNC(=O)c2ccc(Br)cc2S)s1. The second-order valence-corrected chi connectivity index (χ2v) is 6.41. The topological polar surface area (TPSA) is 42.0 Å². The quantitative estimate of drug-likeness (QED) is 0.839. The second kappa shape index (κ2) is 5.86. The molecule has 18 heavy (non-hydrogen) atoms. The molecule has 1 aromatic carbocycles. The van der Waals surface area contributed by atoms with E-state index < -0.39 is 0 Å². The van der Waals surface area contributed by atoms with E-state index in [1.807, 2.05) is 13.0 Å². The summed E-state index contributed by atoms with van der Waals surface area (Å²) >= 11 is 9.21. The Hall–Kier alpha value is -0.850. The largest absolute Gasteiger partial charge is 0.347 e. The molecule has 0 unspecified atom stereocenters. The van der Waals surface area contributed by atoms with E-state index in [1.165, 1.54) is 0 Å². The van der Waals surface area contributed by atoms with Crippen LogP contribution in [0.25, 0.3) is 0 Å². The maximum absolute atomic E-state index is 12.0. The molecule has 0 bridgehead atoms. The molecule has 1 heterocycles. The standard InChI is InChI=1S/C12H11BrN2OS2/c1-7-14-5-9(18-7)6-15-12(16)10-3-2-8(13)4-11(10)17/h2-5,17H,6H2,1H3,(H,15,16). The number of nitrogens with zero attached hydrogens (tertiary/aromatic N) is 1. The number of rotatable bonds is 3. The minimum Gasteiger partial charge on any atom is -0.347 e. The number of hydrogen-bond acceptors (Lipinski definition) is 4. The van der Waals surface area contributed by atoms with Crippen LogP contribution < -0.4 is 5.32 Å². The van der Waals surface area contributed by atoms with Crippen LogP contribution in [-0.4, -0.2) is 10.9 Å². The Balaban J connectivity index is 2.03. The van der Waals surface area contributed by atoms with E-state index in [4.69, 9.17) is 0 Å². The fraction of sp³-hybridized carbons (Fsp3) is 0.167. The van der Waals surface area contributed by atoms with Gasteiger partial charge in [0.15, 0.2) is 0 Å². The number of aromatic nitrogens is 1. The first kappa shape index (κ1) is 13.6. The van der Waals surface area contributed by atoms with Crippen molar-refractivity contribution < 1.29 is 4.79 Å². The normalized spacial score (nSPS) is 10.4. The van der Waals surface area contributed by atoms with Crippen molar-refractivity contribution in [2.24, 2.45) is 0 Å². The molecule has 0 radical (unpaired) electrons. The highest BCUT2D eigenvalue weighted by Gasteiger charge is 2.10. The molecule has 94 valence electrons. The summed E-state index contributed by atoms with van der Waals surface area (Å²) in [6.45, 7) is 2.43. The zero-order valence-electron chi connectivity index (χ0n) is 9.61. The van der Waals surface area contributed by atoms with E-state index in [1.54, 1.807) is 29.7 Å². The number of thiazole rings is 1. The summed E-state index contributed by atoms with van der Waals surface area (Å²) in [6, 6.07) is 5.38. The molecule has 6 heteroatoms. The van der Waals surface area contributed by atoms with Gasteiger partial charge >= 0.3 is 0 Å². The van der Waals surface area contributed by atoms with Crippen molar-refractivity contribution in [3.05, 3.63) is 44.3 Å². The molecule has 0 saturated carbocycles. The van der Waals surface area contributed by atoms with Crippen LogP contribution in [0, 0.1) is 6.92 Å². The van der Waals surface area contributed by atoms with Crippen LogP contribution in [0.5, 0.6) is 0 Å². The van der Waals surface area contributed by atoms with Crippen molar-refractivity contribution in [3.8, 4) is 0 Å².